The Morgan fingerprint density at radius 2 is 1.43 bits per heavy atom. The molecule has 0 saturated heterocycles. The van der Waals surface area contributed by atoms with Gasteiger partial charge < -0.3 is 14.8 Å². The fraction of sp³-hybridized carbons (Fsp3) is 0.778. The topological polar surface area (TPSA) is 48.6 Å². The highest BCUT2D eigenvalue weighted by Gasteiger charge is 2.31. The second-order valence-electron chi connectivity index (χ2n) is 7.02. The lowest BCUT2D eigenvalue weighted by molar-refractivity contribution is 0.352. The minimum atomic E-state index is -1.30. The zero-order chi connectivity index (χ0) is 17.0. The monoisotopic (exact) mass is 338 g/mol. The molecule has 0 spiro atoms. The van der Waals surface area contributed by atoms with E-state index in [2.05, 4.69) is 32.4 Å². The first-order valence-electron chi connectivity index (χ1n) is 9.34. The maximum Gasteiger partial charge on any atom is 0.197 e. The molecule has 0 bridgehead atoms. The first-order chi connectivity index (χ1) is 11.0. The van der Waals surface area contributed by atoms with Crippen molar-refractivity contribution in [2.75, 3.05) is 13.6 Å². The van der Waals surface area contributed by atoms with Crippen LogP contribution in [0.3, 0.4) is 0 Å². The lowest BCUT2D eigenvalue weighted by Gasteiger charge is -2.38. The third-order valence-electron chi connectivity index (χ3n) is 6.18. The normalized spacial score (nSPS) is 15.2. The molecule has 2 rings (SSSR count). The second kappa shape index (κ2) is 7.75. The van der Waals surface area contributed by atoms with Crippen LogP contribution in [0.1, 0.15) is 51.2 Å². The van der Waals surface area contributed by atoms with Crippen LogP contribution in [-0.4, -0.2) is 41.2 Å². The van der Waals surface area contributed by atoms with E-state index in [9.17, 15) is 10.2 Å². The largest absolute Gasteiger partial charge is 0.494 e. The molecule has 0 fully saturated rings. The number of fused-ring (bicyclic) bond motifs is 1. The van der Waals surface area contributed by atoms with Crippen molar-refractivity contribution in [3.8, 4) is 11.8 Å². The molecule has 0 atom stereocenters. The molecule has 1 aliphatic rings. The van der Waals surface area contributed by atoms with Crippen LogP contribution in [0.2, 0.25) is 18.1 Å². The first kappa shape index (κ1) is 18.4. The van der Waals surface area contributed by atoms with Crippen LogP contribution in [-0.2, 0) is 19.4 Å². The third-order valence-corrected chi connectivity index (χ3v) is 12.0. The molecule has 23 heavy (non-hydrogen) atoms. The smallest absolute Gasteiger partial charge is 0.197 e. The number of rotatable bonds is 8. The van der Waals surface area contributed by atoms with E-state index >= 15 is 0 Å². The number of hydrogen-bond acceptors (Lipinski definition) is 3. The van der Waals surface area contributed by atoms with E-state index in [1.54, 1.807) is 4.57 Å². The van der Waals surface area contributed by atoms with Crippen LogP contribution in [0, 0.1) is 0 Å². The average molecular weight is 339 g/mol. The average Bonchev–Trinajstić information content (AvgIpc) is 2.82. The van der Waals surface area contributed by atoms with Crippen molar-refractivity contribution in [3.63, 3.8) is 0 Å². The Balaban J connectivity index is 2.01. The molecule has 2 N–H and O–H groups in total. The molecule has 0 unspecified atom stereocenters. The lowest BCUT2D eigenvalue weighted by atomic mass is 9.95. The van der Waals surface area contributed by atoms with Gasteiger partial charge in [0, 0.05) is 17.7 Å². The summed E-state index contributed by atoms with van der Waals surface area (Å²) in [5.41, 5.74) is 1.98. The molecule has 132 valence electrons. The Morgan fingerprint density at radius 1 is 0.957 bits per heavy atom. The van der Waals surface area contributed by atoms with Gasteiger partial charge in [0.1, 0.15) is 8.24 Å². The molecule has 0 aliphatic heterocycles. The van der Waals surface area contributed by atoms with Gasteiger partial charge in [-0.05, 0) is 63.8 Å². The van der Waals surface area contributed by atoms with Gasteiger partial charge in [-0.1, -0.05) is 20.8 Å². The Bertz CT molecular complexity index is 486. The standard InChI is InChI=1S/C18H34N2O2Si/c1-5-23(6-2,7-3)19(4)13-10-14-20-17(21)15-11-8-9-12-16(15)18(20)22/h21-22H,5-14H2,1-4H3. The summed E-state index contributed by atoms with van der Waals surface area (Å²) >= 11 is 0. The summed E-state index contributed by atoms with van der Waals surface area (Å²) in [7, 11) is 0.970. The van der Waals surface area contributed by atoms with Crippen molar-refractivity contribution >= 4 is 8.24 Å². The predicted octanol–water partition coefficient (Wildman–Crippen LogP) is 4.11. The van der Waals surface area contributed by atoms with Crippen LogP contribution in [0.4, 0.5) is 0 Å². The lowest BCUT2D eigenvalue weighted by Crippen LogP contribution is -2.50. The van der Waals surface area contributed by atoms with Gasteiger partial charge in [-0.2, -0.15) is 0 Å². The Labute approximate surface area is 142 Å². The quantitative estimate of drug-likeness (QED) is 0.701. The van der Waals surface area contributed by atoms with Crippen molar-refractivity contribution in [1.82, 2.24) is 9.13 Å². The summed E-state index contributed by atoms with van der Waals surface area (Å²) in [4.78, 5) is 0. The number of nitrogens with zero attached hydrogens (tertiary/aromatic N) is 2. The number of aromatic hydroxyl groups is 2. The van der Waals surface area contributed by atoms with Crippen molar-refractivity contribution in [3.05, 3.63) is 11.1 Å². The molecule has 1 aromatic rings. The summed E-state index contributed by atoms with van der Waals surface area (Å²) in [6.45, 7) is 8.73. The molecule has 5 heteroatoms. The van der Waals surface area contributed by atoms with Crippen LogP contribution in [0.25, 0.3) is 0 Å². The molecule has 0 aromatic carbocycles. The van der Waals surface area contributed by atoms with Crippen LogP contribution < -0.4 is 0 Å². The van der Waals surface area contributed by atoms with Crippen molar-refractivity contribution < 1.29 is 10.2 Å². The molecule has 1 aromatic heterocycles. The van der Waals surface area contributed by atoms with Gasteiger partial charge in [-0.25, -0.2) is 0 Å². The molecule has 0 radical (unpaired) electrons. The highest BCUT2D eigenvalue weighted by Crippen LogP contribution is 2.38. The van der Waals surface area contributed by atoms with Crippen LogP contribution in [0.5, 0.6) is 11.8 Å². The Morgan fingerprint density at radius 3 is 1.87 bits per heavy atom. The van der Waals surface area contributed by atoms with E-state index in [-0.39, 0.29) is 0 Å². The van der Waals surface area contributed by atoms with Crippen LogP contribution >= 0.6 is 0 Å². The van der Waals surface area contributed by atoms with Crippen molar-refractivity contribution in [1.29, 1.82) is 0 Å². The highest BCUT2D eigenvalue weighted by atomic mass is 28.3. The fourth-order valence-corrected chi connectivity index (χ4v) is 8.05. The maximum absolute atomic E-state index is 10.4. The minimum Gasteiger partial charge on any atom is -0.494 e. The van der Waals surface area contributed by atoms with Gasteiger partial charge in [-0.3, -0.25) is 4.57 Å². The Kier molecular flexibility index (Phi) is 6.20. The number of hydrogen-bond donors (Lipinski definition) is 2. The molecular formula is C18H34N2O2Si. The van der Waals surface area contributed by atoms with E-state index in [0.717, 1.165) is 49.8 Å². The highest BCUT2D eigenvalue weighted by molar-refractivity contribution is 6.76. The van der Waals surface area contributed by atoms with Crippen LogP contribution in [0.15, 0.2) is 0 Å². The molecular weight excluding hydrogens is 304 g/mol. The SMILES string of the molecule is CC[Si](CC)(CC)N(C)CCCn1c(O)c2c(c1O)CCCC2. The van der Waals surface area contributed by atoms with E-state index < -0.39 is 8.24 Å². The Hall–Kier alpha value is -0.943. The van der Waals surface area contributed by atoms with Gasteiger partial charge >= 0.3 is 0 Å². The van der Waals surface area contributed by atoms with Gasteiger partial charge in [-0.15, -0.1) is 0 Å². The molecule has 0 amide bonds. The summed E-state index contributed by atoms with van der Waals surface area (Å²) in [5.74, 6) is 0.620. The third kappa shape index (κ3) is 3.45. The minimum absolute atomic E-state index is 0.310. The molecule has 1 aliphatic carbocycles. The van der Waals surface area contributed by atoms with E-state index in [1.165, 1.54) is 18.1 Å². The predicted molar refractivity (Wildman–Crippen MR) is 98.8 cm³/mol. The summed E-state index contributed by atoms with van der Waals surface area (Å²) in [6.07, 6.45) is 5.01. The summed E-state index contributed by atoms with van der Waals surface area (Å²) in [5, 5.41) is 20.8. The van der Waals surface area contributed by atoms with E-state index in [4.69, 9.17) is 0 Å². The van der Waals surface area contributed by atoms with Gasteiger partial charge in [0.15, 0.2) is 11.8 Å². The first-order valence-corrected chi connectivity index (χ1v) is 11.9. The van der Waals surface area contributed by atoms with Gasteiger partial charge in [0.25, 0.3) is 0 Å². The summed E-state index contributed by atoms with van der Waals surface area (Å²) in [6, 6.07) is 3.89. The second-order valence-corrected chi connectivity index (χ2v) is 12.4. The van der Waals surface area contributed by atoms with Gasteiger partial charge in [0.05, 0.1) is 0 Å². The number of aromatic nitrogens is 1. The van der Waals surface area contributed by atoms with Crippen molar-refractivity contribution in [2.45, 2.75) is 77.6 Å². The molecule has 1 heterocycles. The van der Waals surface area contributed by atoms with Gasteiger partial charge in [0.2, 0.25) is 0 Å². The summed E-state index contributed by atoms with van der Waals surface area (Å²) < 4.78 is 4.33. The maximum atomic E-state index is 10.4. The zero-order valence-electron chi connectivity index (χ0n) is 15.4. The zero-order valence-corrected chi connectivity index (χ0v) is 16.4. The van der Waals surface area contributed by atoms with Crippen molar-refractivity contribution in [2.24, 2.45) is 0 Å². The molecule has 4 nitrogen and oxygen atoms in total. The fourth-order valence-electron chi connectivity index (χ4n) is 4.30. The molecule has 0 saturated carbocycles. The van der Waals surface area contributed by atoms with E-state index in [0.29, 0.717) is 18.3 Å². The van der Waals surface area contributed by atoms with E-state index in [1.807, 2.05) is 0 Å².